The van der Waals surface area contributed by atoms with Crippen LogP contribution in [0.5, 0.6) is 0 Å². The van der Waals surface area contributed by atoms with E-state index in [4.69, 9.17) is 0 Å². The molecule has 0 N–H and O–H groups in total. The zero-order valence-corrected chi connectivity index (χ0v) is 9.57. The van der Waals surface area contributed by atoms with Gasteiger partial charge in [0, 0.05) is 10.5 Å². The van der Waals surface area contributed by atoms with Crippen LogP contribution in [0.2, 0.25) is 0 Å². The topological polar surface area (TPSA) is 34.1 Å². The Morgan fingerprint density at radius 3 is 2.33 bits per heavy atom. The average Bonchev–Trinajstić information content (AvgIpc) is 2.27. The predicted molar refractivity (Wildman–Crippen MR) is 56.6 cm³/mol. The number of benzene rings is 1. The first kappa shape index (κ1) is 10.4. The summed E-state index contributed by atoms with van der Waals surface area (Å²) in [4.78, 5) is 0.0881. The van der Waals surface area contributed by atoms with Crippen LogP contribution in [0.1, 0.15) is 25.0 Å². The molecule has 0 radical (unpaired) electrons. The van der Waals surface area contributed by atoms with Crippen LogP contribution in [-0.4, -0.2) is 8.42 Å². The molecule has 0 saturated carbocycles. The van der Waals surface area contributed by atoms with E-state index >= 15 is 0 Å². The molecule has 0 spiro atoms. The Kier molecular flexibility index (Phi) is 2.01. The molecule has 1 aliphatic rings. The van der Waals surface area contributed by atoms with Crippen molar-refractivity contribution in [1.82, 2.24) is 0 Å². The van der Waals surface area contributed by atoms with Crippen LogP contribution < -0.4 is 0 Å². The number of aryl methyl sites for hydroxylation is 1. The second kappa shape index (κ2) is 2.92. The predicted octanol–water partition coefficient (Wildman–Crippen LogP) is 2.67. The van der Waals surface area contributed by atoms with E-state index in [0.29, 0.717) is 11.1 Å². The summed E-state index contributed by atoms with van der Waals surface area (Å²) >= 11 is 0. The highest BCUT2D eigenvalue weighted by Gasteiger charge is 2.33. The maximum absolute atomic E-state index is 13.6. The van der Waals surface area contributed by atoms with Gasteiger partial charge in [-0.3, -0.25) is 0 Å². The lowest BCUT2D eigenvalue weighted by Gasteiger charge is -2.03. The van der Waals surface area contributed by atoms with Crippen LogP contribution >= 0.6 is 0 Å². The van der Waals surface area contributed by atoms with Gasteiger partial charge in [0.05, 0.1) is 0 Å². The number of halogens is 1. The summed E-state index contributed by atoms with van der Waals surface area (Å²) < 4.78 is 37.2. The standard InChI is InChI=1S/C11H11FO2S/c1-6-4-9-7(2)8(3)15(13,14)11(9)10(12)5-6/h4-5H,1-3H3. The van der Waals surface area contributed by atoms with Crippen molar-refractivity contribution >= 4 is 15.4 Å². The van der Waals surface area contributed by atoms with Gasteiger partial charge >= 0.3 is 0 Å². The highest BCUT2D eigenvalue weighted by molar-refractivity contribution is 7.95. The lowest BCUT2D eigenvalue weighted by Crippen LogP contribution is -2.01. The number of rotatable bonds is 0. The van der Waals surface area contributed by atoms with E-state index in [1.807, 2.05) is 0 Å². The van der Waals surface area contributed by atoms with Gasteiger partial charge in [-0.25, -0.2) is 12.8 Å². The Labute approximate surface area is 88.4 Å². The number of fused-ring (bicyclic) bond motifs is 1. The molecule has 4 heteroatoms. The molecule has 0 fully saturated rings. The molecule has 0 atom stereocenters. The van der Waals surface area contributed by atoms with Crippen LogP contribution in [0, 0.1) is 12.7 Å². The van der Waals surface area contributed by atoms with Gasteiger partial charge in [-0.05, 0) is 38.0 Å². The lowest BCUT2D eigenvalue weighted by molar-refractivity contribution is 0.571. The van der Waals surface area contributed by atoms with Crippen LogP contribution in [0.4, 0.5) is 4.39 Å². The summed E-state index contributed by atoms with van der Waals surface area (Å²) in [5, 5.41) is 0. The van der Waals surface area contributed by atoms with Gasteiger partial charge in [-0.15, -0.1) is 0 Å². The minimum atomic E-state index is -3.58. The molecular formula is C11H11FO2S. The largest absolute Gasteiger partial charge is 0.219 e. The first-order valence-electron chi connectivity index (χ1n) is 4.59. The van der Waals surface area contributed by atoms with Crippen LogP contribution in [0.15, 0.2) is 21.9 Å². The third-order valence-electron chi connectivity index (χ3n) is 2.79. The van der Waals surface area contributed by atoms with Crippen molar-refractivity contribution in [3.63, 3.8) is 0 Å². The molecule has 0 bridgehead atoms. The highest BCUT2D eigenvalue weighted by Crippen LogP contribution is 2.40. The Bertz CT molecular complexity index is 583. The minimum absolute atomic E-state index is 0.164. The Morgan fingerprint density at radius 1 is 1.13 bits per heavy atom. The highest BCUT2D eigenvalue weighted by atomic mass is 32.2. The fourth-order valence-electron chi connectivity index (χ4n) is 1.82. The molecule has 0 amide bonds. The monoisotopic (exact) mass is 226 g/mol. The molecule has 1 aliphatic heterocycles. The molecule has 0 saturated heterocycles. The molecule has 0 aromatic heterocycles. The van der Waals surface area contributed by atoms with Crippen molar-refractivity contribution in [3.05, 3.63) is 34.0 Å². The van der Waals surface area contributed by atoms with E-state index < -0.39 is 15.7 Å². The molecule has 80 valence electrons. The summed E-state index contributed by atoms with van der Waals surface area (Å²) in [7, 11) is -3.58. The van der Waals surface area contributed by atoms with Crippen LogP contribution in [-0.2, 0) is 9.84 Å². The molecule has 2 nitrogen and oxygen atoms in total. The first-order valence-corrected chi connectivity index (χ1v) is 6.07. The number of hydrogen-bond acceptors (Lipinski definition) is 2. The molecule has 15 heavy (non-hydrogen) atoms. The second-order valence-electron chi connectivity index (χ2n) is 3.81. The smallest absolute Gasteiger partial charge is 0.206 e. The SMILES string of the molecule is CC1=C(C)S(=O)(=O)c2c(F)cc(C)cc21. The number of hydrogen-bond donors (Lipinski definition) is 0. The molecule has 0 unspecified atom stereocenters. The van der Waals surface area contributed by atoms with E-state index in [1.54, 1.807) is 19.9 Å². The van der Waals surface area contributed by atoms with Crippen molar-refractivity contribution in [2.75, 3.05) is 0 Å². The van der Waals surface area contributed by atoms with Crippen molar-refractivity contribution in [2.45, 2.75) is 25.7 Å². The van der Waals surface area contributed by atoms with E-state index in [2.05, 4.69) is 0 Å². The van der Waals surface area contributed by atoms with Crippen molar-refractivity contribution < 1.29 is 12.8 Å². The van der Waals surface area contributed by atoms with Crippen molar-refractivity contribution in [3.8, 4) is 0 Å². The molecule has 0 aliphatic carbocycles. The summed E-state index contributed by atoms with van der Waals surface area (Å²) in [6.07, 6.45) is 0. The summed E-state index contributed by atoms with van der Waals surface area (Å²) in [5.74, 6) is -0.652. The zero-order chi connectivity index (χ0) is 11.4. The normalized spacial score (nSPS) is 18.1. The van der Waals surface area contributed by atoms with Gasteiger partial charge in [0.1, 0.15) is 10.7 Å². The van der Waals surface area contributed by atoms with Crippen LogP contribution in [0.3, 0.4) is 0 Å². The minimum Gasteiger partial charge on any atom is -0.219 e. The fraction of sp³-hybridized carbons (Fsp3) is 0.273. The van der Waals surface area contributed by atoms with Gasteiger partial charge in [0.2, 0.25) is 9.84 Å². The quantitative estimate of drug-likeness (QED) is 0.681. The Hall–Kier alpha value is -1.16. The summed E-state index contributed by atoms with van der Waals surface area (Å²) in [6, 6.07) is 2.96. The molecule has 1 aromatic rings. The maximum atomic E-state index is 13.6. The molecule has 1 heterocycles. The maximum Gasteiger partial charge on any atom is 0.206 e. The third kappa shape index (κ3) is 1.24. The zero-order valence-electron chi connectivity index (χ0n) is 8.76. The van der Waals surface area contributed by atoms with E-state index in [9.17, 15) is 12.8 Å². The second-order valence-corrected chi connectivity index (χ2v) is 5.84. The van der Waals surface area contributed by atoms with E-state index in [1.165, 1.54) is 13.0 Å². The van der Waals surface area contributed by atoms with E-state index in [-0.39, 0.29) is 9.80 Å². The number of sulfone groups is 1. The van der Waals surface area contributed by atoms with Gasteiger partial charge in [-0.1, -0.05) is 6.07 Å². The van der Waals surface area contributed by atoms with Gasteiger partial charge < -0.3 is 0 Å². The van der Waals surface area contributed by atoms with Gasteiger partial charge in [-0.2, -0.15) is 0 Å². The first-order chi connectivity index (χ1) is 6.85. The van der Waals surface area contributed by atoms with E-state index in [0.717, 1.165) is 5.56 Å². The summed E-state index contributed by atoms with van der Waals surface area (Å²) in [5.41, 5.74) is 1.88. The Morgan fingerprint density at radius 2 is 1.73 bits per heavy atom. The fourth-order valence-corrected chi connectivity index (χ4v) is 3.46. The van der Waals surface area contributed by atoms with Gasteiger partial charge in [0.25, 0.3) is 0 Å². The van der Waals surface area contributed by atoms with Crippen molar-refractivity contribution in [2.24, 2.45) is 0 Å². The van der Waals surface area contributed by atoms with Crippen molar-refractivity contribution in [1.29, 1.82) is 0 Å². The lowest BCUT2D eigenvalue weighted by atomic mass is 10.0. The summed E-state index contributed by atoms with van der Waals surface area (Å²) in [6.45, 7) is 4.97. The molecule has 2 rings (SSSR count). The molecule has 1 aromatic carbocycles. The molecular weight excluding hydrogens is 215 g/mol. The van der Waals surface area contributed by atoms with Crippen LogP contribution in [0.25, 0.3) is 5.57 Å². The average molecular weight is 226 g/mol. The van der Waals surface area contributed by atoms with Gasteiger partial charge in [0.15, 0.2) is 0 Å². The Balaban J connectivity index is 2.94. The number of allylic oxidation sites excluding steroid dienone is 2. The third-order valence-corrected chi connectivity index (χ3v) is 4.86.